The SMILES string of the molecule is CC(C)CN[C@@H](C)[C@@H]1C[C@@H]2CC[C@@H]1C2. The molecule has 2 saturated carbocycles. The Bertz CT molecular complexity index is 188. The first kappa shape index (κ1) is 10.5. The highest BCUT2D eigenvalue weighted by Crippen LogP contribution is 2.49. The first-order chi connectivity index (χ1) is 6.66. The zero-order chi connectivity index (χ0) is 10.1. The second kappa shape index (κ2) is 4.22. The van der Waals surface area contributed by atoms with Gasteiger partial charge < -0.3 is 5.32 Å². The molecule has 2 aliphatic rings. The van der Waals surface area contributed by atoms with Gasteiger partial charge in [0.25, 0.3) is 0 Å². The van der Waals surface area contributed by atoms with Crippen LogP contribution in [0.15, 0.2) is 0 Å². The van der Waals surface area contributed by atoms with Crippen molar-refractivity contribution in [2.75, 3.05) is 6.54 Å². The zero-order valence-corrected chi connectivity index (χ0v) is 9.92. The smallest absolute Gasteiger partial charge is 0.00698 e. The molecule has 2 aliphatic carbocycles. The van der Waals surface area contributed by atoms with Crippen LogP contribution in [0.5, 0.6) is 0 Å². The van der Waals surface area contributed by atoms with Gasteiger partial charge in [0.2, 0.25) is 0 Å². The van der Waals surface area contributed by atoms with E-state index in [0.29, 0.717) is 0 Å². The summed E-state index contributed by atoms with van der Waals surface area (Å²) in [5, 5.41) is 3.71. The van der Waals surface area contributed by atoms with Gasteiger partial charge in [-0.25, -0.2) is 0 Å². The Labute approximate surface area is 88.7 Å². The lowest BCUT2D eigenvalue weighted by atomic mass is 9.84. The van der Waals surface area contributed by atoms with Crippen molar-refractivity contribution in [2.24, 2.45) is 23.7 Å². The van der Waals surface area contributed by atoms with Crippen molar-refractivity contribution in [2.45, 2.75) is 52.5 Å². The van der Waals surface area contributed by atoms with Crippen molar-refractivity contribution in [1.29, 1.82) is 0 Å². The average molecular weight is 195 g/mol. The van der Waals surface area contributed by atoms with Crippen LogP contribution in [0.3, 0.4) is 0 Å². The highest BCUT2D eigenvalue weighted by molar-refractivity contribution is 4.93. The Kier molecular flexibility index (Phi) is 3.16. The van der Waals surface area contributed by atoms with E-state index in [2.05, 4.69) is 26.1 Å². The van der Waals surface area contributed by atoms with E-state index in [1.54, 1.807) is 6.42 Å². The van der Waals surface area contributed by atoms with E-state index in [0.717, 1.165) is 29.7 Å². The monoisotopic (exact) mass is 195 g/mol. The summed E-state index contributed by atoms with van der Waals surface area (Å²) in [6.45, 7) is 8.17. The van der Waals surface area contributed by atoms with Gasteiger partial charge in [-0.3, -0.25) is 0 Å². The fraction of sp³-hybridized carbons (Fsp3) is 1.00. The maximum absolute atomic E-state index is 3.71. The molecule has 0 aromatic heterocycles. The van der Waals surface area contributed by atoms with Gasteiger partial charge in [0, 0.05) is 6.04 Å². The van der Waals surface area contributed by atoms with Gasteiger partial charge in [-0.15, -0.1) is 0 Å². The number of rotatable bonds is 4. The third-order valence-electron chi connectivity index (χ3n) is 4.28. The fourth-order valence-corrected chi connectivity index (χ4v) is 3.48. The number of fused-ring (bicyclic) bond motifs is 2. The molecule has 0 aliphatic heterocycles. The molecular weight excluding hydrogens is 170 g/mol. The third kappa shape index (κ3) is 2.13. The minimum Gasteiger partial charge on any atom is -0.314 e. The first-order valence-corrected chi connectivity index (χ1v) is 6.40. The maximum Gasteiger partial charge on any atom is 0.00698 e. The standard InChI is InChI=1S/C13H25N/c1-9(2)8-14-10(3)13-7-11-4-5-12(13)6-11/h9-14H,4-8H2,1-3H3/t10-,11+,12+,13-/m0/s1. The van der Waals surface area contributed by atoms with Crippen molar-refractivity contribution in [3.63, 3.8) is 0 Å². The van der Waals surface area contributed by atoms with E-state index in [1.807, 2.05) is 0 Å². The molecule has 4 atom stereocenters. The van der Waals surface area contributed by atoms with Gasteiger partial charge in [0.1, 0.15) is 0 Å². The molecule has 0 amide bonds. The van der Waals surface area contributed by atoms with E-state index >= 15 is 0 Å². The van der Waals surface area contributed by atoms with Crippen molar-refractivity contribution in [1.82, 2.24) is 5.32 Å². The van der Waals surface area contributed by atoms with Crippen LogP contribution in [0.2, 0.25) is 0 Å². The second-order valence-electron chi connectivity index (χ2n) is 5.93. The highest BCUT2D eigenvalue weighted by atomic mass is 14.9. The van der Waals surface area contributed by atoms with Crippen molar-refractivity contribution >= 4 is 0 Å². The molecule has 82 valence electrons. The molecular formula is C13H25N. The van der Waals surface area contributed by atoms with Gasteiger partial charge in [0.05, 0.1) is 0 Å². The van der Waals surface area contributed by atoms with E-state index in [-0.39, 0.29) is 0 Å². The van der Waals surface area contributed by atoms with Crippen molar-refractivity contribution in [3.8, 4) is 0 Å². The normalized spacial score (nSPS) is 38.1. The maximum atomic E-state index is 3.71. The van der Waals surface area contributed by atoms with Crippen molar-refractivity contribution in [3.05, 3.63) is 0 Å². The van der Waals surface area contributed by atoms with Gasteiger partial charge in [-0.1, -0.05) is 20.3 Å². The number of hydrogen-bond donors (Lipinski definition) is 1. The fourth-order valence-electron chi connectivity index (χ4n) is 3.48. The summed E-state index contributed by atoms with van der Waals surface area (Å²) < 4.78 is 0. The molecule has 2 fully saturated rings. The molecule has 1 nitrogen and oxygen atoms in total. The molecule has 1 heteroatoms. The van der Waals surface area contributed by atoms with Gasteiger partial charge in [0.15, 0.2) is 0 Å². The summed E-state index contributed by atoms with van der Waals surface area (Å²) in [5.74, 6) is 3.94. The largest absolute Gasteiger partial charge is 0.314 e. The molecule has 0 spiro atoms. The predicted octanol–water partition coefficient (Wildman–Crippen LogP) is 3.06. The summed E-state index contributed by atoms with van der Waals surface area (Å²) >= 11 is 0. The van der Waals surface area contributed by atoms with Crippen molar-refractivity contribution < 1.29 is 0 Å². The van der Waals surface area contributed by atoms with Crippen LogP contribution in [0.1, 0.15) is 46.5 Å². The van der Waals surface area contributed by atoms with E-state index in [1.165, 1.54) is 25.8 Å². The molecule has 0 aromatic carbocycles. The molecule has 2 rings (SSSR count). The van der Waals surface area contributed by atoms with Crippen LogP contribution in [0.25, 0.3) is 0 Å². The molecule has 0 saturated heterocycles. The molecule has 0 unspecified atom stereocenters. The quantitative estimate of drug-likeness (QED) is 0.727. The van der Waals surface area contributed by atoms with Gasteiger partial charge in [-0.05, 0) is 56.4 Å². The lowest BCUT2D eigenvalue weighted by molar-refractivity contribution is 0.255. The van der Waals surface area contributed by atoms with Crippen LogP contribution in [0.4, 0.5) is 0 Å². The number of hydrogen-bond acceptors (Lipinski definition) is 1. The average Bonchev–Trinajstić information content (AvgIpc) is 2.74. The summed E-state index contributed by atoms with van der Waals surface area (Å²) in [7, 11) is 0. The Morgan fingerprint density at radius 3 is 2.43 bits per heavy atom. The minimum atomic E-state index is 0.757. The third-order valence-corrected chi connectivity index (χ3v) is 4.28. The Morgan fingerprint density at radius 2 is 1.93 bits per heavy atom. The van der Waals surface area contributed by atoms with Crippen LogP contribution >= 0.6 is 0 Å². The summed E-state index contributed by atoms with van der Waals surface area (Å²) in [4.78, 5) is 0. The first-order valence-electron chi connectivity index (χ1n) is 6.40. The van der Waals surface area contributed by atoms with Gasteiger partial charge >= 0.3 is 0 Å². The Hall–Kier alpha value is -0.0400. The molecule has 0 heterocycles. The molecule has 1 N–H and O–H groups in total. The van der Waals surface area contributed by atoms with Crippen LogP contribution in [-0.4, -0.2) is 12.6 Å². The Morgan fingerprint density at radius 1 is 1.14 bits per heavy atom. The molecule has 0 aromatic rings. The van der Waals surface area contributed by atoms with Gasteiger partial charge in [-0.2, -0.15) is 0 Å². The lowest BCUT2D eigenvalue weighted by Gasteiger charge is -2.29. The Balaban J connectivity index is 1.78. The van der Waals surface area contributed by atoms with E-state index in [4.69, 9.17) is 0 Å². The van der Waals surface area contributed by atoms with Crippen LogP contribution in [-0.2, 0) is 0 Å². The number of nitrogens with one attached hydrogen (secondary N) is 1. The molecule has 0 radical (unpaired) electrons. The predicted molar refractivity (Wildman–Crippen MR) is 61.2 cm³/mol. The highest BCUT2D eigenvalue weighted by Gasteiger charge is 2.41. The van der Waals surface area contributed by atoms with E-state index < -0.39 is 0 Å². The summed E-state index contributed by atoms with van der Waals surface area (Å²) in [6, 6.07) is 0.757. The topological polar surface area (TPSA) is 12.0 Å². The minimum absolute atomic E-state index is 0.757. The van der Waals surface area contributed by atoms with E-state index in [9.17, 15) is 0 Å². The summed E-state index contributed by atoms with van der Waals surface area (Å²) in [5.41, 5.74) is 0. The molecule has 2 bridgehead atoms. The van der Waals surface area contributed by atoms with Crippen LogP contribution < -0.4 is 5.32 Å². The second-order valence-corrected chi connectivity index (χ2v) is 5.93. The molecule has 14 heavy (non-hydrogen) atoms. The lowest BCUT2D eigenvalue weighted by Crippen LogP contribution is -2.38. The van der Waals surface area contributed by atoms with Crippen LogP contribution in [0, 0.1) is 23.7 Å². The zero-order valence-electron chi connectivity index (χ0n) is 9.92. The summed E-state index contributed by atoms with van der Waals surface area (Å²) in [6.07, 6.45) is 6.09.